The van der Waals surface area contributed by atoms with Crippen LogP contribution in [0.4, 0.5) is 0 Å². The summed E-state index contributed by atoms with van der Waals surface area (Å²) in [6.07, 6.45) is 0.275. The molecule has 1 aromatic carbocycles. The summed E-state index contributed by atoms with van der Waals surface area (Å²) in [4.78, 5) is 15.0. The lowest BCUT2D eigenvalue weighted by Crippen LogP contribution is -2.46. The van der Waals surface area contributed by atoms with Crippen molar-refractivity contribution in [2.75, 3.05) is 25.4 Å². The van der Waals surface area contributed by atoms with Gasteiger partial charge in [0.15, 0.2) is 5.78 Å². The molecule has 1 heterocycles. The first-order chi connectivity index (χ1) is 9.56. The maximum atomic E-state index is 11.4. The highest BCUT2D eigenvalue weighted by Gasteiger charge is 2.22. The number of thioether (sulfide) groups is 1. The zero-order valence-electron chi connectivity index (χ0n) is 12.5. The molecule has 1 aliphatic rings. The Labute approximate surface area is 125 Å². The second-order valence-corrected chi connectivity index (χ2v) is 6.57. The molecule has 1 aromatic rings. The van der Waals surface area contributed by atoms with E-state index in [-0.39, 0.29) is 11.9 Å². The zero-order chi connectivity index (χ0) is 14.5. The Bertz CT molecular complexity index is 462. The maximum Gasteiger partial charge on any atom is 0.159 e. The van der Waals surface area contributed by atoms with Crippen molar-refractivity contribution < 1.29 is 9.53 Å². The van der Waals surface area contributed by atoms with Crippen molar-refractivity contribution in [2.45, 2.75) is 37.8 Å². The minimum atomic E-state index is 0.118. The van der Waals surface area contributed by atoms with Gasteiger partial charge in [0.05, 0.1) is 12.7 Å². The fourth-order valence-electron chi connectivity index (χ4n) is 2.31. The summed E-state index contributed by atoms with van der Waals surface area (Å²) >= 11 is 1.77. The zero-order valence-corrected chi connectivity index (χ0v) is 13.3. The third kappa shape index (κ3) is 4.33. The van der Waals surface area contributed by atoms with E-state index in [9.17, 15) is 4.79 Å². The summed E-state index contributed by atoms with van der Waals surface area (Å²) in [5.74, 6) is 1.05. The van der Waals surface area contributed by atoms with Crippen LogP contribution in [0.15, 0.2) is 29.2 Å². The highest BCUT2D eigenvalue weighted by Crippen LogP contribution is 2.22. The van der Waals surface area contributed by atoms with Crippen LogP contribution < -0.4 is 0 Å². The van der Waals surface area contributed by atoms with Gasteiger partial charge in [-0.2, -0.15) is 0 Å². The molecule has 2 rings (SSSR count). The number of nitrogens with zero attached hydrogens (tertiary/aromatic N) is 1. The van der Waals surface area contributed by atoms with Crippen LogP contribution in [0.2, 0.25) is 0 Å². The van der Waals surface area contributed by atoms with Gasteiger partial charge in [0.25, 0.3) is 0 Å². The van der Waals surface area contributed by atoms with Crippen LogP contribution in [0, 0.1) is 0 Å². The molecule has 0 aromatic heterocycles. The first-order valence-electron chi connectivity index (χ1n) is 7.15. The van der Waals surface area contributed by atoms with Gasteiger partial charge >= 0.3 is 0 Å². The Morgan fingerprint density at radius 1 is 1.50 bits per heavy atom. The van der Waals surface area contributed by atoms with Gasteiger partial charge in [-0.3, -0.25) is 9.69 Å². The quantitative estimate of drug-likeness (QED) is 0.616. The molecule has 1 aliphatic heterocycles. The maximum absolute atomic E-state index is 11.4. The monoisotopic (exact) mass is 293 g/mol. The first-order valence-corrected chi connectivity index (χ1v) is 8.14. The first kappa shape index (κ1) is 15.5. The Hall–Kier alpha value is -0.840. The molecule has 0 radical (unpaired) electrons. The highest BCUT2D eigenvalue weighted by molar-refractivity contribution is 7.99. The fourth-order valence-corrected chi connectivity index (χ4v) is 3.27. The number of benzene rings is 1. The molecule has 1 unspecified atom stereocenters. The topological polar surface area (TPSA) is 29.5 Å². The highest BCUT2D eigenvalue weighted by atomic mass is 32.2. The lowest BCUT2D eigenvalue weighted by atomic mass is 10.2. The smallest absolute Gasteiger partial charge is 0.159 e. The number of morpholine rings is 1. The van der Waals surface area contributed by atoms with Gasteiger partial charge in [-0.1, -0.05) is 12.1 Å². The summed E-state index contributed by atoms with van der Waals surface area (Å²) in [5.41, 5.74) is 0.781. The van der Waals surface area contributed by atoms with Crippen LogP contribution in [-0.2, 0) is 4.74 Å². The lowest BCUT2D eigenvalue weighted by molar-refractivity contribution is -0.0265. The standard InChI is InChI=1S/C16H23NO2S/c1-12(2)17-7-8-19-15(10-17)11-20-16-6-4-5-14(9-16)13(3)18/h4-6,9,12,15H,7-8,10-11H2,1-3H3. The van der Waals surface area contributed by atoms with Gasteiger partial charge in [0.1, 0.15) is 0 Å². The molecule has 0 saturated carbocycles. The number of ether oxygens (including phenoxy) is 1. The second kappa shape index (κ2) is 7.25. The Morgan fingerprint density at radius 3 is 3.00 bits per heavy atom. The van der Waals surface area contributed by atoms with Crippen LogP contribution in [0.3, 0.4) is 0 Å². The van der Waals surface area contributed by atoms with E-state index in [2.05, 4.69) is 24.8 Å². The van der Waals surface area contributed by atoms with Crippen molar-refractivity contribution in [1.82, 2.24) is 4.90 Å². The van der Waals surface area contributed by atoms with Crippen molar-refractivity contribution in [3.63, 3.8) is 0 Å². The van der Waals surface area contributed by atoms with Gasteiger partial charge in [-0.15, -0.1) is 11.8 Å². The molecule has 1 atom stereocenters. The largest absolute Gasteiger partial charge is 0.375 e. The van der Waals surface area contributed by atoms with E-state index in [0.717, 1.165) is 35.9 Å². The molecule has 0 spiro atoms. The molecule has 0 amide bonds. The third-order valence-electron chi connectivity index (χ3n) is 3.58. The average molecular weight is 293 g/mol. The van der Waals surface area contributed by atoms with E-state index in [1.165, 1.54) is 0 Å². The van der Waals surface area contributed by atoms with Crippen molar-refractivity contribution in [1.29, 1.82) is 0 Å². The summed E-state index contributed by atoms with van der Waals surface area (Å²) in [7, 11) is 0. The van der Waals surface area contributed by atoms with Gasteiger partial charge in [-0.25, -0.2) is 0 Å². The molecule has 0 N–H and O–H groups in total. The van der Waals surface area contributed by atoms with E-state index >= 15 is 0 Å². The van der Waals surface area contributed by atoms with Crippen LogP contribution in [0.5, 0.6) is 0 Å². The number of carbonyl (C=O) groups excluding carboxylic acids is 1. The van der Waals surface area contributed by atoms with E-state index < -0.39 is 0 Å². The number of ketones is 1. The summed E-state index contributed by atoms with van der Waals surface area (Å²) in [5, 5.41) is 0. The summed E-state index contributed by atoms with van der Waals surface area (Å²) < 4.78 is 5.83. The molecular formula is C16H23NO2S. The molecule has 1 fully saturated rings. The minimum Gasteiger partial charge on any atom is -0.375 e. The SMILES string of the molecule is CC(=O)c1cccc(SCC2CN(C(C)C)CCO2)c1. The number of hydrogen-bond acceptors (Lipinski definition) is 4. The Morgan fingerprint density at radius 2 is 2.30 bits per heavy atom. The number of carbonyl (C=O) groups is 1. The molecule has 0 aliphatic carbocycles. The van der Waals surface area contributed by atoms with Gasteiger partial charge < -0.3 is 4.74 Å². The molecule has 0 bridgehead atoms. The Balaban J connectivity index is 1.88. The fraction of sp³-hybridized carbons (Fsp3) is 0.562. The van der Waals surface area contributed by atoms with Gasteiger partial charge in [-0.05, 0) is 32.9 Å². The summed E-state index contributed by atoms with van der Waals surface area (Å²) in [6.45, 7) is 8.90. The molecule has 4 heteroatoms. The van der Waals surface area contributed by atoms with E-state index in [1.54, 1.807) is 18.7 Å². The molecular weight excluding hydrogens is 270 g/mol. The molecule has 3 nitrogen and oxygen atoms in total. The Kier molecular flexibility index (Phi) is 5.64. The number of rotatable bonds is 5. The lowest BCUT2D eigenvalue weighted by Gasteiger charge is -2.35. The second-order valence-electron chi connectivity index (χ2n) is 5.48. The average Bonchev–Trinajstić information content (AvgIpc) is 2.45. The van der Waals surface area contributed by atoms with Crippen LogP contribution >= 0.6 is 11.8 Å². The van der Waals surface area contributed by atoms with Crippen molar-refractivity contribution in [3.05, 3.63) is 29.8 Å². The summed E-state index contributed by atoms with van der Waals surface area (Å²) in [6, 6.07) is 8.41. The van der Waals surface area contributed by atoms with Crippen LogP contribution in [-0.4, -0.2) is 48.3 Å². The van der Waals surface area contributed by atoms with Crippen molar-refractivity contribution in [2.24, 2.45) is 0 Å². The van der Waals surface area contributed by atoms with E-state index in [1.807, 2.05) is 18.2 Å². The van der Waals surface area contributed by atoms with Gasteiger partial charge in [0, 0.05) is 35.3 Å². The normalized spacial score (nSPS) is 20.3. The van der Waals surface area contributed by atoms with E-state index in [4.69, 9.17) is 4.74 Å². The molecule has 110 valence electrons. The minimum absolute atomic E-state index is 0.118. The molecule has 20 heavy (non-hydrogen) atoms. The third-order valence-corrected chi connectivity index (χ3v) is 4.70. The predicted molar refractivity (Wildman–Crippen MR) is 83.6 cm³/mol. The van der Waals surface area contributed by atoms with Crippen molar-refractivity contribution in [3.8, 4) is 0 Å². The number of hydrogen-bond donors (Lipinski definition) is 0. The predicted octanol–water partition coefficient (Wildman–Crippen LogP) is 3.09. The van der Waals surface area contributed by atoms with Crippen LogP contribution in [0.1, 0.15) is 31.1 Å². The molecule has 1 saturated heterocycles. The van der Waals surface area contributed by atoms with Crippen molar-refractivity contribution >= 4 is 17.5 Å². The van der Waals surface area contributed by atoms with Crippen LogP contribution in [0.25, 0.3) is 0 Å². The van der Waals surface area contributed by atoms with Gasteiger partial charge in [0.2, 0.25) is 0 Å². The van der Waals surface area contributed by atoms with E-state index in [0.29, 0.717) is 6.04 Å². The number of Topliss-reactive ketones (excluding diaryl/α,β-unsaturated/α-hetero) is 1.